The van der Waals surface area contributed by atoms with Gasteiger partial charge >= 0.3 is 0 Å². The van der Waals surface area contributed by atoms with E-state index in [1.165, 1.54) is 18.4 Å². The molecule has 2 aromatic carbocycles. The standard InChI is InChI=1S/C18H21NO2/c1-2-6-15(7-3-1)13-20-17-9-4-10-18(12-17)21-14-16-8-5-11-19-16/h1-4,6-7,9-10,12,16,19H,5,8,11,13-14H2/t16-/m1/s1. The fourth-order valence-corrected chi connectivity index (χ4v) is 2.49. The van der Waals surface area contributed by atoms with E-state index in [0.29, 0.717) is 12.6 Å². The molecule has 1 aliphatic heterocycles. The lowest BCUT2D eigenvalue weighted by Gasteiger charge is -2.13. The monoisotopic (exact) mass is 283 g/mol. The molecule has 1 saturated heterocycles. The SMILES string of the molecule is c1ccc(COc2cccc(OC[C@H]3CCCN3)c2)cc1. The smallest absolute Gasteiger partial charge is 0.123 e. The molecule has 0 aliphatic carbocycles. The van der Waals surface area contributed by atoms with Crippen molar-refractivity contribution in [3.8, 4) is 11.5 Å². The molecule has 0 amide bonds. The summed E-state index contributed by atoms with van der Waals surface area (Å²) in [6.45, 7) is 2.41. The van der Waals surface area contributed by atoms with Crippen LogP contribution in [0.3, 0.4) is 0 Å². The van der Waals surface area contributed by atoms with Gasteiger partial charge in [-0.2, -0.15) is 0 Å². The van der Waals surface area contributed by atoms with Crippen molar-refractivity contribution in [2.45, 2.75) is 25.5 Å². The lowest BCUT2D eigenvalue weighted by molar-refractivity contribution is 0.271. The van der Waals surface area contributed by atoms with Crippen LogP contribution in [-0.2, 0) is 6.61 Å². The van der Waals surface area contributed by atoms with Crippen molar-refractivity contribution in [1.29, 1.82) is 0 Å². The van der Waals surface area contributed by atoms with Gasteiger partial charge in [0.15, 0.2) is 0 Å². The third-order valence-electron chi connectivity index (χ3n) is 3.67. The summed E-state index contributed by atoms with van der Waals surface area (Å²) in [7, 11) is 0. The van der Waals surface area contributed by atoms with E-state index in [-0.39, 0.29) is 0 Å². The fourth-order valence-electron chi connectivity index (χ4n) is 2.49. The molecule has 3 nitrogen and oxygen atoms in total. The Morgan fingerprint density at radius 2 is 1.76 bits per heavy atom. The maximum Gasteiger partial charge on any atom is 0.123 e. The van der Waals surface area contributed by atoms with Gasteiger partial charge in [-0.3, -0.25) is 0 Å². The molecule has 0 radical (unpaired) electrons. The molecule has 1 heterocycles. The van der Waals surface area contributed by atoms with E-state index in [2.05, 4.69) is 17.4 Å². The number of nitrogens with one attached hydrogen (secondary N) is 1. The van der Waals surface area contributed by atoms with Crippen LogP contribution >= 0.6 is 0 Å². The largest absolute Gasteiger partial charge is 0.492 e. The summed E-state index contributed by atoms with van der Waals surface area (Å²) < 4.78 is 11.6. The van der Waals surface area contributed by atoms with Gasteiger partial charge in [-0.1, -0.05) is 36.4 Å². The quantitative estimate of drug-likeness (QED) is 0.881. The van der Waals surface area contributed by atoms with Crippen molar-refractivity contribution in [3.05, 3.63) is 60.2 Å². The van der Waals surface area contributed by atoms with Gasteiger partial charge in [-0.05, 0) is 37.1 Å². The van der Waals surface area contributed by atoms with E-state index in [1.54, 1.807) is 0 Å². The molecule has 0 aromatic heterocycles. The molecular weight excluding hydrogens is 262 g/mol. The molecule has 1 fully saturated rings. The molecule has 0 saturated carbocycles. The van der Waals surface area contributed by atoms with Crippen LogP contribution in [0.15, 0.2) is 54.6 Å². The molecule has 1 N–H and O–H groups in total. The molecule has 0 bridgehead atoms. The third-order valence-corrected chi connectivity index (χ3v) is 3.67. The predicted octanol–water partition coefficient (Wildman–Crippen LogP) is 3.40. The highest BCUT2D eigenvalue weighted by molar-refractivity contribution is 5.33. The molecule has 0 unspecified atom stereocenters. The third kappa shape index (κ3) is 4.23. The Hall–Kier alpha value is -2.00. The number of hydrogen-bond donors (Lipinski definition) is 1. The predicted molar refractivity (Wildman–Crippen MR) is 83.7 cm³/mol. The van der Waals surface area contributed by atoms with Gasteiger partial charge in [0.1, 0.15) is 24.7 Å². The van der Waals surface area contributed by atoms with E-state index in [9.17, 15) is 0 Å². The van der Waals surface area contributed by atoms with Crippen molar-refractivity contribution < 1.29 is 9.47 Å². The summed E-state index contributed by atoms with van der Waals surface area (Å²) in [5, 5.41) is 3.43. The van der Waals surface area contributed by atoms with Crippen molar-refractivity contribution in [3.63, 3.8) is 0 Å². The Kier molecular flexibility index (Phi) is 4.74. The first kappa shape index (κ1) is 14.0. The molecule has 3 heteroatoms. The minimum atomic E-state index is 0.485. The van der Waals surface area contributed by atoms with Gasteiger partial charge in [-0.15, -0.1) is 0 Å². The van der Waals surface area contributed by atoms with Crippen LogP contribution in [0.2, 0.25) is 0 Å². The summed E-state index contributed by atoms with van der Waals surface area (Å²) in [6, 6.07) is 18.5. The summed E-state index contributed by atoms with van der Waals surface area (Å²) in [6.07, 6.45) is 2.44. The van der Waals surface area contributed by atoms with Gasteiger partial charge in [0.2, 0.25) is 0 Å². The van der Waals surface area contributed by atoms with Crippen molar-refractivity contribution in [1.82, 2.24) is 5.32 Å². The zero-order valence-corrected chi connectivity index (χ0v) is 12.1. The molecule has 3 rings (SSSR count). The molecule has 0 spiro atoms. The lowest BCUT2D eigenvalue weighted by atomic mass is 10.2. The van der Waals surface area contributed by atoms with E-state index >= 15 is 0 Å². The summed E-state index contributed by atoms with van der Waals surface area (Å²) in [5.41, 5.74) is 1.17. The molecule has 2 aromatic rings. The normalized spacial score (nSPS) is 17.6. The summed E-state index contributed by atoms with van der Waals surface area (Å²) >= 11 is 0. The van der Waals surface area contributed by atoms with Crippen molar-refractivity contribution in [2.75, 3.05) is 13.2 Å². The lowest BCUT2D eigenvalue weighted by Crippen LogP contribution is -2.28. The fraction of sp³-hybridized carbons (Fsp3) is 0.333. The Balaban J connectivity index is 1.52. The van der Waals surface area contributed by atoms with E-state index < -0.39 is 0 Å². The molecule has 110 valence electrons. The molecular formula is C18H21NO2. The van der Waals surface area contributed by atoms with Crippen LogP contribution in [0.4, 0.5) is 0 Å². The van der Waals surface area contributed by atoms with Crippen LogP contribution in [0.25, 0.3) is 0 Å². The van der Waals surface area contributed by atoms with Crippen LogP contribution < -0.4 is 14.8 Å². The van der Waals surface area contributed by atoms with Crippen LogP contribution in [0.5, 0.6) is 11.5 Å². The number of ether oxygens (including phenoxy) is 2. The second-order valence-electron chi connectivity index (χ2n) is 5.35. The summed E-state index contributed by atoms with van der Waals surface area (Å²) in [5.74, 6) is 1.71. The second-order valence-corrected chi connectivity index (χ2v) is 5.35. The Morgan fingerprint density at radius 3 is 2.52 bits per heavy atom. The number of benzene rings is 2. The first-order valence-electron chi connectivity index (χ1n) is 7.53. The zero-order chi connectivity index (χ0) is 14.3. The minimum absolute atomic E-state index is 0.485. The Labute approximate surface area is 125 Å². The highest BCUT2D eigenvalue weighted by Crippen LogP contribution is 2.21. The zero-order valence-electron chi connectivity index (χ0n) is 12.1. The van der Waals surface area contributed by atoms with Gasteiger partial charge in [0, 0.05) is 12.1 Å². The van der Waals surface area contributed by atoms with E-state index in [0.717, 1.165) is 24.7 Å². The highest BCUT2D eigenvalue weighted by Gasteiger charge is 2.14. The van der Waals surface area contributed by atoms with E-state index in [4.69, 9.17) is 9.47 Å². The van der Waals surface area contributed by atoms with Gasteiger partial charge in [-0.25, -0.2) is 0 Å². The van der Waals surface area contributed by atoms with Crippen molar-refractivity contribution in [2.24, 2.45) is 0 Å². The van der Waals surface area contributed by atoms with Crippen LogP contribution in [-0.4, -0.2) is 19.2 Å². The molecule has 1 atom stereocenters. The maximum absolute atomic E-state index is 5.84. The molecule has 21 heavy (non-hydrogen) atoms. The Morgan fingerprint density at radius 1 is 0.952 bits per heavy atom. The minimum Gasteiger partial charge on any atom is -0.492 e. The first-order chi connectivity index (χ1) is 10.4. The number of rotatable bonds is 6. The second kappa shape index (κ2) is 7.14. The number of hydrogen-bond acceptors (Lipinski definition) is 3. The van der Waals surface area contributed by atoms with E-state index in [1.807, 2.05) is 42.5 Å². The highest BCUT2D eigenvalue weighted by atomic mass is 16.5. The van der Waals surface area contributed by atoms with Gasteiger partial charge in [0.25, 0.3) is 0 Å². The first-order valence-corrected chi connectivity index (χ1v) is 7.53. The maximum atomic E-state index is 5.84. The average Bonchev–Trinajstić information content (AvgIpc) is 3.06. The average molecular weight is 283 g/mol. The van der Waals surface area contributed by atoms with Gasteiger partial charge in [0.05, 0.1) is 0 Å². The van der Waals surface area contributed by atoms with Crippen LogP contribution in [0, 0.1) is 0 Å². The topological polar surface area (TPSA) is 30.5 Å². The molecule has 1 aliphatic rings. The summed E-state index contributed by atoms with van der Waals surface area (Å²) in [4.78, 5) is 0. The van der Waals surface area contributed by atoms with Crippen LogP contribution in [0.1, 0.15) is 18.4 Å². The van der Waals surface area contributed by atoms with Crippen molar-refractivity contribution >= 4 is 0 Å². The Bertz CT molecular complexity index is 550. The van der Waals surface area contributed by atoms with Gasteiger partial charge < -0.3 is 14.8 Å².